The number of rotatable bonds is 5. The third-order valence-electron chi connectivity index (χ3n) is 4.76. The van der Waals surface area contributed by atoms with Crippen LogP contribution in [0.5, 0.6) is 0 Å². The molecule has 4 heteroatoms. The summed E-state index contributed by atoms with van der Waals surface area (Å²) < 4.78 is 2.15. The molecule has 0 aliphatic heterocycles. The number of ketones is 1. The Morgan fingerprint density at radius 3 is 2.50 bits per heavy atom. The summed E-state index contributed by atoms with van der Waals surface area (Å²) >= 11 is 1.51. The number of nitriles is 1. The van der Waals surface area contributed by atoms with Gasteiger partial charge in [-0.2, -0.15) is 5.26 Å². The number of nitrogens with zero attached hydrogens (tertiary/aromatic N) is 2. The first kappa shape index (κ1) is 18.0. The maximum Gasteiger partial charge on any atom is 0.206 e. The Morgan fingerprint density at radius 1 is 1.07 bits per heavy atom. The lowest BCUT2D eigenvalue weighted by Gasteiger charge is -2.10. The highest BCUT2D eigenvalue weighted by Gasteiger charge is 2.25. The molecule has 0 amide bonds. The van der Waals surface area contributed by atoms with Crippen molar-refractivity contribution in [2.45, 2.75) is 13.5 Å². The van der Waals surface area contributed by atoms with Gasteiger partial charge in [-0.25, -0.2) is 0 Å². The predicted octanol–water partition coefficient (Wildman–Crippen LogP) is 6.18. The molecule has 4 rings (SSSR count). The number of allylic oxidation sites excluding steroid dienone is 1. The number of thiophene rings is 1. The van der Waals surface area contributed by atoms with Crippen LogP contribution in [-0.2, 0) is 6.54 Å². The number of fused-ring (bicyclic) bond motifs is 1. The van der Waals surface area contributed by atoms with Gasteiger partial charge in [0, 0.05) is 22.3 Å². The van der Waals surface area contributed by atoms with Gasteiger partial charge in [-0.05, 0) is 36.1 Å². The minimum Gasteiger partial charge on any atom is -0.340 e. The second-order valence-corrected chi connectivity index (χ2v) is 7.34. The number of Topliss-reactive ketones (excluding diaryl/α,β-unsaturated/α-hetero) is 1. The molecule has 0 unspecified atom stereocenters. The number of aryl methyl sites for hydroxylation is 1. The summed E-state index contributed by atoms with van der Waals surface area (Å²) in [6.45, 7) is 2.80. The van der Waals surface area contributed by atoms with Gasteiger partial charge in [-0.15, -0.1) is 11.3 Å². The smallest absolute Gasteiger partial charge is 0.206 e. The fourth-order valence-corrected chi connectivity index (χ4v) is 4.21. The summed E-state index contributed by atoms with van der Waals surface area (Å²) in [5.41, 5.74) is 3.58. The fourth-order valence-electron chi connectivity index (χ4n) is 3.56. The first-order chi connectivity index (χ1) is 13.7. The largest absolute Gasteiger partial charge is 0.340 e. The van der Waals surface area contributed by atoms with Crippen molar-refractivity contribution in [2.75, 3.05) is 0 Å². The SMILES string of the molecule is CCn1c(-c2ccccc2)c(C(=O)/C(C#N)=C/c2cccs2)c2ccccc21. The molecule has 136 valence electrons. The number of aromatic nitrogens is 1. The van der Waals surface area contributed by atoms with E-state index >= 15 is 0 Å². The Bertz CT molecular complexity index is 1210. The molecule has 28 heavy (non-hydrogen) atoms. The molecule has 0 N–H and O–H groups in total. The zero-order valence-electron chi connectivity index (χ0n) is 15.4. The average molecular weight is 382 g/mol. The van der Waals surface area contributed by atoms with Crippen molar-refractivity contribution in [1.29, 1.82) is 5.26 Å². The average Bonchev–Trinajstić information content (AvgIpc) is 3.37. The molecule has 2 aromatic carbocycles. The van der Waals surface area contributed by atoms with Crippen LogP contribution in [0, 0.1) is 11.3 Å². The minimum absolute atomic E-state index is 0.152. The molecule has 0 spiro atoms. The number of para-hydroxylation sites is 1. The van der Waals surface area contributed by atoms with Crippen LogP contribution < -0.4 is 0 Å². The zero-order valence-corrected chi connectivity index (χ0v) is 16.2. The van der Waals surface area contributed by atoms with Crippen molar-refractivity contribution < 1.29 is 4.79 Å². The second-order valence-electron chi connectivity index (χ2n) is 6.37. The molecule has 2 heterocycles. The topological polar surface area (TPSA) is 45.8 Å². The van der Waals surface area contributed by atoms with Crippen LogP contribution in [-0.4, -0.2) is 10.4 Å². The Hall–Kier alpha value is -3.42. The number of carbonyl (C=O) groups excluding carboxylic acids is 1. The summed E-state index contributed by atoms with van der Waals surface area (Å²) in [6, 6.07) is 23.7. The van der Waals surface area contributed by atoms with E-state index < -0.39 is 0 Å². The lowest BCUT2D eigenvalue weighted by atomic mass is 9.97. The molecule has 0 bridgehead atoms. The van der Waals surface area contributed by atoms with Gasteiger partial charge in [-0.3, -0.25) is 4.79 Å². The molecule has 3 nitrogen and oxygen atoms in total. The van der Waals surface area contributed by atoms with Crippen molar-refractivity contribution in [3.05, 3.63) is 88.1 Å². The number of hydrogen-bond donors (Lipinski definition) is 0. The third-order valence-corrected chi connectivity index (χ3v) is 5.58. The highest BCUT2D eigenvalue weighted by molar-refractivity contribution is 7.10. The van der Waals surface area contributed by atoms with Gasteiger partial charge in [0.1, 0.15) is 11.6 Å². The van der Waals surface area contributed by atoms with Crippen molar-refractivity contribution >= 4 is 34.1 Å². The molecule has 0 saturated carbocycles. The van der Waals surface area contributed by atoms with E-state index in [9.17, 15) is 10.1 Å². The van der Waals surface area contributed by atoms with Crippen molar-refractivity contribution in [2.24, 2.45) is 0 Å². The van der Waals surface area contributed by atoms with Gasteiger partial charge < -0.3 is 4.57 Å². The van der Waals surface area contributed by atoms with Gasteiger partial charge in [0.25, 0.3) is 0 Å². The molecule has 0 saturated heterocycles. The first-order valence-corrected chi connectivity index (χ1v) is 9.99. The Morgan fingerprint density at radius 2 is 1.82 bits per heavy atom. The molecule has 0 radical (unpaired) electrons. The first-order valence-electron chi connectivity index (χ1n) is 9.11. The Balaban J connectivity index is 2.01. The van der Waals surface area contributed by atoms with Gasteiger partial charge in [-0.1, -0.05) is 54.6 Å². The molecule has 0 atom stereocenters. The van der Waals surface area contributed by atoms with E-state index in [0.717, 1.165) is 33.6 Å². The van der Waals surface area contributed by atoms with E-state index in [1.165, 1.54) is 11.3 Å². The van der Waals surface area contributed by atoms with E-state index in [1.807, 2.05) is 72.1 Å². The van der Waals surface area contributed by atoms with Crippen LogP contribution in [0.25, 0.3) is 28.2 Å². The molecule has 0 fully saturated rings. The summed E-state index contributed by atoms with van der Waals surface area (Å²) in [5, 5.41) is 12.5. The van der Waals surface area contributed by atoms with Gasteiger partial charge in [0.15, 0.2) is 0 Å². The molecular weight excluding hydrogens is 364 g/mol. The lowest BCUT2D eigenvalue weighted by Crippen LogP contribution is -2.05. The van der Waals surface area contributed by atoms with E-state index in [-0.39, 0.29) is 11.4 Å². The molecule has 2 aromatic heterocycles. The van der Waals surface area contributed by atoms with Crippen LogP contribution in [0.2, 0.25) is 0 Å². The monoisotopic (exact) mass is 382 g/mol. The van der Waals surface area contributed by atoms with E-state index in [1.54, 1.807) is 6.08 Å². The number of benzene rings is 2. The number of hydrogen-bond acceptors (Lipinski definition) is 3. The Kier molecular flexibility index (Phi) is 4.92. The molecular formula is C24H18N2OS. The van der Waals surface area contributed by atoms with Crippen LogP contribution >= 0.6 is 11.3 Å². The third kappa shape index (κ3) is 3.06. The van der Waals surface area contributed by atoms with Crippen molar-refractivity contribution in [3.8, 4) is 17.3 Å². The van der Waals surface area contributed by atoms with E-state index in [4.69, 9.17) is 0 Å². The summed E-state index contributed by atoms with van der Waals surface area (Å²) in [5.74, 6) is -0.238. The fraction of sp³-hybridized carbons (Fsp3) is 0.0833. The number of carbonyl (C=O) groups is 1. The summed E-state index contributed by atoms with van der Waals surface area (Å²) in [4.78, 5) is 14.4. The maximum atomic E-state index is 13.5. The maximum absolute atomic E-state index is 13.5. The van der Waals surface area contributed by atoms with E-state index in [0.29, 0.717) is 5.56 Å². The van der Waals surface area contributed by atoms with Crippen LogP contribution in [0.1, 0.15) is 22.2 Å². The van der Waals surface area contributed by atoms with Gasteiger partial charge >= 0.3 is 0 Å². The lowest BCUT2D eigenvalue weighted by molar-refractivity contribution is 0.104. The normalized spacial score (nSPS) is 11.5. The van der Waals surface area contributed by atoms with Crippen molar-refractivity contribution in [1.82, 2.24) is 4.57 Å². The van der Waals surface area contributed by atoms with E-state index in [2.05, 4.69) is 17.6 Å². The quantitative estimate of drug-likeness (QED) is 0.235. The van der Waals surface area contributed by atoms with Crippen LogP contribution in [0.15, 0.2) is 77.7 Å². The van der Waals surface area contributed by atoms with Gasteiger partial charge in [0.2, 0.25) is 5.78 Å². The van der Waals surface area contributed by atoms with Crippen LogP contribution in [0.3, 0.4) is 0 Å². The Labute approximate surface area is 167 Å². The summed E-state index contributed by atoms with van der Waals surface area (Å²) in [7, 11) is 0. The highest BCUT2D eigenvalue weighted by atomic mass is 32.1. The van der Waals surface area contributed by atoms with Crippen molar-refractivity contribution in [3.63, 3.8) is 0 Å². The zero-order chi connectivity index (χ0) is 19.5. The second kappa shape index (κ2) is 7.67. The summed E-state index contributed by atoms with van der Waals surface area (Å²) in [6.07, 6.45) is 1.68. The van der Waals surface area contributed by atoms with Crippen LogP contribution in [0.4, 0.5) is 0 Å². The standard InChI is InChI=1S/C24H18N2OS/c1-2-26-21-13-7-6-12-20(21)22(23(26)17-9-4-3-5-10-17)24(27)18(16-25)15-19-11-8-14-28-19/h3-15H,2H2,1H3/b18-15+. The molecule has 4 aromatic rings. The minimum atomic E-state index is -0.238. The molecule has 0 aliphatic carbocycles. The molecule has 0 aliphatic rings. The highest BCUT2D eigenvalue weighted by Crippen LogP contribution is 2.35. The van der Waals surface area contributed by atoms with Gasteiger partial charge in [0.05, 0.1) is 11.3 Å². The predicted molar refractivity (Wildman–Crippen MR) is 115 cm³/mol.